The van der Waals surface area contributed by atoms with Crippen LogP contribution in [0.15, 0.2) is 15.7 Å². The highest BCUT2D eigenvalue weighted by molar-refractivity contribution is 7.91. The summed E-state index contributed by atoms with van der Waals surface area (Å²) in [6.45, 7) is 5.28. The Hall–Kier alpha value is -0.470. The monoisotopic (exact) mass is 318 g/mol. The summed E-state index contributed by atoms with van der Waals surface area (Å²) in [6.07, 6.45) is 2.57. The molecule has 0 aliphatic heterocycles. The number of thiophene rings is 1. The first-order valence-electron chi connectivity index (χ1n) is 6.89. The standard InChI is InChI=1S/C13H22N2O3S2/c1-10(2)18-6-5-15-20(16,17)13-7-11(9-19-13)8-14-12-3-4-12/h7,9-10,12,14-15H,3-6,8H2,1-2H3. The van der Waals surface area contributed by atoms with Gasteiger partial charge in [-0.15, -0.1) is 11.3 Å². The average Bonchev–Trinajstić information content (AvgIpc) is 3.08. The van der Waals surface area contributed by atoms with Crippen molar-refractivity contribution in [3.63, 3.8) is 0 Å². The van der Waals surface area contributed by atoms with Crippen molar-refractivity contribution in [2.24, 2.45) is 0 Å². The lowest BCUT2D eigenvalue weighted by Gasteiger charge is -2.08. The molecular weight excluding hydrogens is 296 g/mol. The summed E-state index contributed by atoms with van der Waals surface area (Å²) in [4.78, 5) is 0. The lowest BCUT2D eigenvalue weighted by Crippen LogP contribution is -2.27. The maximum atomic E-state index is 12.1. The molecule has 1 fully saturated rings. The summed E-state index contributed by atoms with van der Waals surface area (Å²) in [7, 11) is -3.40. The molecule has 20 heavy (non-hydrogen) atoms. The third-order valence-electron chi connectivity index (χ3n) is 2.91. The molecule has 0 spiro atoms. The molecule has 2 N–H and O–H groups in total. The molecule has 1 aliphatic carbocycles. The quantitative estimate of drug-likeness (QED) is 0.680. The number of hydrogen-bond acceptors (Lipinski definition) is 5. The van der Waals surface area contributed by atoms with Gasteiger partial charge in [0.1, 0.15) is 4.21 Å². The Morgan fingerprint density at radius 3 is 2.85 bits per heavy atom. The van der Waals surface area contributed by atoms with E-state index in [1.165, 1.54) is 24.2 Å². The molecule has 1 aliphatic rings. The van der Waals surface area contributed by atoms with Crippen molar-refractivity contribution in [1.82, 2.24) is 10.0 Å². The van der Waals surface area contributed by atoms with E-state index in [0.717, 1.165) is 12.1 Å². The molecule has 0 aromatic carbocycles. The van der Waals surface area contributed by atoms with Gasteiger partial charge in [-0.3, -0.25) is 0 Å². The molecule has 0 unspecified atom stereocenters. The number of hydrogen-bond donors (Lipinski definition) is 2. The maximum absolute atomic E-state index is 12.1. The van der Waals surface area contributed by atoms with Gasteiger partial charge in [-0.25, -0.2) is 13.1 Å². The van der Waals surface area contributed by atoms with E-state index in [1.807, 2.05) is 19.2 Å². The van der Waals surface area contributed by atoms with Gasteiger partial charge in [-0.2, -0.15) is 0 Å². The van der Waals surface area contributed by atoms with Gasteiger partial charge in [0.25, 0.3) is 0 Å². The van der Waals surface area contributed by atoms with Crippen LogP contribution < -0.4 is 10.0 Å². The van der Waals surface area contributed by atoms with Crippen molar-refractivity contribution in [2.45, 2.75) is 49.6 Å². The minimum Gasteiger partial charge on any atom is -0.377 e. The third-order valence-corrected chi connectivity index (χ3v) is 5.86. The van der Waals surface area contributed by atoms with Crippen molar-refractivity contribution in [3.8, 4) is 0 Å². The molecule has 5 nitrogen and oxygen atoms in total. The Balaban J connectivity index is 1.81. The smallest absolute Gasteiger partial charge is 0.250 e. The van der Waals surface area contributed by atoms with Crippen LogP contribution in [0.1, 0.15) is 32.3 Å². The zero-order valence-electron chi connectivity index (χ0n) is 11.9. The molecule has 2 rings (SSSR count). The largest absolute Gasteiger partial charge is 0.377 e. The average molecular weight is 318 g/mol. The first-order valence-corrected chi connectivity index (χ1v) is 9.26. The van der Waals surface area contributed by atoms with E-state index in [9.17, 15) is 8.42 Å². The molecule has 0 amide bonds. The third kappa shape index (κ3) is 5.14. The van der Waals surface area contributed by atoms with E-state index in [4.69, 9.17) is 4.74 Å². The fourth-order valence-corrected chi connectivity index (χ4v) is 3.95. The molecule has 114 valence electrons. The molecule has 0 radical (unpaired) electrons. The zero-order chi connectivity index (χ0) is 14.6. The summed E-state index contributed by atoms with van der Waals surface area (Å²) in [5, 5.41) is 5.27. The highest BCUT2D eigenvalue weighted by Gasteiger charge is 2.21. The Kier molecular flexibility index (Phi) is 5.57. The fraction of sp³-hybridized carbons (Fsp3) is 0.692. The van der Waals surface area contributed by atoms with Gasteiger partial charge in [-0.1, -0.05) is 0 Å². The van der Waals surface area contributed by atoms with Crippen molar-refractivity contribution in [1.29, 1.82) is 0 Å². The highest BCUT2D eigenvalue weighted by atomic mass is 32.2. The van der Waals surface area contributed by atoms with Gasteiger partial charge in [-0.05, 0) is 43.7 Å². The molecule has 1 aromatic heterocycles. The summed E-state index contributed by atoms with van der Waals surface area (Å²) < 4.78 is 32.4. The van der Waals surface area contributed by atoms with Crippen LogP contribution in [-0.4, -0.2) is 33.7 Å². The summed E-state index contributed by atoms with van der Waals surface area (Å²) >= 11 is 1.26. The fourth-order valence-electron chi connectivity index (χ4n) is 1.68. The summed E-state index contributed by atoms with van der Waals surface area (Å²) in [5.41, 5.74) is 1.03. The molecule has 1 aromatic rings. The van der Waals surface area contributed by atoms with E-state index in [1.54, 1.807) is 6.07 Å². The molecule has 7 heteroatoms. The predicted molar refractivity (Wildman–Crippen MR) is 80.5 cm³/mol. The lowest BCUT2D eigenvalue weighted by molar-refractivity contribution is 0.0834. The van der Waals surface area contributed by atoms with Crippen LogP contribution in [0.3, 0.4) is 0 Å². The van der Waals surface area contributed by atoms with Crippen LogP contribution in [-0.2, 0) is 21.3 Å². The van der Waals surface area contributed by atoms with Crippen molar-refractivity contribution < 1.29 is 13.2 Å². The van der Waals surface area contributed by atoms with E-state index < -0.39 is 10.0 Å². The number of ether oxygens (including phenoxy) is 1. The van der Waals surface area contributed by atoms with Gasteiger partial charge >= 0.3 is 0 Å². The van der Waals surface area contributed by atoms with Crippen molar-refractivity contribution in [3.05, 3.63) is 17.0 Å². The van der Waals surface area contributed by atoms with Crippen molar-refractivity contribution >= 4 is 21.4 Å². The molecule has 0 atom stereocenters. The molecule has 1 saturated carbocycles. The Morgan fingerprint density at radius 1 is 1.45 bits per heavy atom. The molecular formula is C13H22N2O3S2. The van der Waals surface area contributed by atoms with Crippen LogP contribution in [0, 0.1) is 0 Å². The van der Waals surface area contributed by atoms with Crippen LogP contribution in [0.2, 0.25) is 0 Å². The Bertz CT molecular complexity index is 521. The van der Waals surface area contributed by atoms with Crippen LogP contribution in [0.4, 0.5) is 0 Å². The number of nitrogens with one attached hydrogen (secondary N) is 2. The van der Waals surface area contributed by atoms with Gasteiger partial charge < -0.3 is 10.1 Å². The summed E-state index contributed by atoms with van der Waals surface area (Å²) in [5.74, 6) is 0. The van der Waals surface area contributed by atoms with Gasteiger partial charge in [0.05, 0.1) is 12.7 Å². The second-order valence-corrected chi connectivity index (χ2v) is 8.15. The summed E-state index contributed by atoms with van der Waals surface area (Å²) in [6, 6.07) is 2.37. The molecule has 1 heterocycles. The first kappa shape index (κ1) is 15.9. The normalized spacial score (nSPS) is 15.9. The van der Waals surface area contributed by atoms with Gasteiger partial charge in [0, 0.05) is 19.1 Å². The topological polar surface area (TPSA) is 67.4 Å². The molecule has 0 saturated heterocycles. The van der Waals surface area contributed by atoms with Crippen LogP contribution in [0.25, 0.3) is 0 Å². The van der Waals surface area contributed by atoms with E-state index in [0.29, 0.717) is 23.4 Å². The highest BCUT2D eigenvalue weighted by Crippen LogP contribution is 2.22. The lowest BCUT2D eigenvalue weighted by atomic mass is 10.3. The van der Waals surface area contributed by atoms with Crippen molar-refractivity contribution in [2.75, 3.05) is 13.2 Å². The second-order valence-electron chi connectivity index (χ2n) is 5.25. The zero-order valence-corrected chi connectivity index (χ0v) is 13.5. The number of rotatable bonds is 9. The molecule has 0 bridgehead atoms. The van der Waals surface area contributed by atoms with E-state index in [2.05, 4.69) is 10.0 Å². The Morgan fingerprint density at radius 2 is 2.20 bits per heavy atom. The second kappa shape index (κ2) is 7.00. The minimum absolute atomic E-state index is 0.112. The van der Waals surface area contributed by atoms with Crippen LogP contribution in [0.5, 0.6) is 0 Å². The first-order chi connectivity index (χ1) is 9.47. The van der Waals surface area contributed by atoms with Crippen LogP contribution >= 0.6 is 11.3 Å². The number of sulfonamides is 1. The van der Waals surface area contributed by atoms with Gasteiger partial charge in [0.15, 0.2) is 0 Å². The minimum atomic E-state index is -3.40. The SMILES string of the molecule is CC(C)OCCNS(=O)(=O)c1cc(CNC2CC2)cs1. The van der Waals surface area contributed by atoms with E-state index >= 15 is 0 Å². The van der Waals surface area contributed by atoms with Gasteiger partial charge in [0.2, 0.25) is 10.0 Å². The predicted octanol–water partition coefficient (Wildman–Crippen LogP) is 1.70. The maximum Gasteiger partial charge on any atom is 0.250 e. The van der Waals surface area contributed by atoms with E-state index in [-0.39, 0.29) is 6.10 Å². The Labute approximate surface area is 124 Å².